The lowest BCUT2D eigenvalue weighted by atomic mass is 10.3. The van der Waals surface area contributed by atoms with E-state index in [0.29, 0.717) is 25.6 Å². The molecule has 0 aromatic carbocycles. The Hall–Kier alpha value is -1.08. The summed E-state index contributed by atoms with van der Waals surface area (Å²) in [6, 6.07) is 2.50. The predicted molar refractivity (Wildman–Crippen MR) is 58.1 cm³/mol. The van der Waals surface area contributed by atoms with E-state index in [-0.39, 0.29) is 5.91 Å². The molecular formula is C11H19N3O. The molecule has 4 nitrogen and oxygen atoms in total. The van der Waals surface area contributed by atoms with Crippen LogP contribution in [-0.2, 0) is 4.79 Å². The van der Waals surface area contributed by atoms with Crippen molar-refractivity contribution in [1.29, 1.82) is 5.26 Å². The molecule has 1 amide bonds. The molecule has 0 atom stereocenters. The van der Waals surface area contributed by atoms with Crippen LogP contribution < -0.4 is 5.32 Å². The second-order valence-electron chi connectivity index (χ2n) is 3.90. The maximum atomic E-state index is 11.8. The maximum Gasteiger partial charge on any atom is 0.236 e. The van der Waals surface area contributed by atoms with Gasteiger partial charge in [-0.3, -0.25) is 4.79 Å². The number of carbonyl (C=O) groups excluding carboxylic acids is 1. The Labute approximate surface area is 91.2 Å². The van der Waals surface area contributed by atoms with Crippen molar-refractivity contribution in [2.24, 2.45) is 0 Å². The molecule has 84 valence electrons. The van der Waals surface area contributed by atoms with E-state index < -0.39 is 0 Å². The van der Waals surface area contributed by atoms with Gasteiger partial charge in [-0.1, -0.05) is 6.92 Å². The molecule has 1 saturated carbocycles. The first-order valence-electron chi connectivity index (χ1n) is 5.66. The number of nitriles is 1. The van der Waals surface area contributed by atoms with E-state index in [1.807, 2.05) is 4.90 Å². The van der Waals surface area contributed by atoms with Gasteiger partial charge in [-0.15, -0.1) is 0 Å². The second kappa shape index (κ2) is 6.41. The molecular weight excluding hydrogens is 190 g/mol. The number of hydrogen-bond donors (Lipinski definition) is 1. The van der Waals surface area contributed by atoms with Crippen molar-refractivity contribution >= 4 is 5.91 Å². The fraction of sp³-hybridized carbons (Fsp3) is 0.818. The molecule has 0 unspecified atom stereocenters. The minimum absolute atomic E-state index is 0.140. The highest BCUT2D eigenvalue weighted by atomic mass is 16.2. The Morgan fingerprint density at radius 2 is 2.33 bits per heavy atom. The Morgan fingerprint density at radius 1 is 1.60 bits per heavy atom. The molecule has 0 saturated heterocycles. The SMILES string of the molecule is CCCNCC(=O)N(CCC#N)C1CC1. The topological polar surface area (TPSA) is 56.1 Å². The van der Waals surface area contributed by atoms with Crippen molar-refractivity contribution in [2.45, 2.75) is 38.6 Å². The van der Waals surface area contributed by atoms with Gasteiger partial charge in [-0.2, -0.15) is 5.26 Å². The van der Waals surface area contributed by atoms with Crippen LogP contribution in [0.3, 0.4) is 0 Å². The van der Waals surface area contributed by atoms with Crippen molar-refractivity contribution in [3.63, 3.8) is 0 Å². The maximum absolute atomic E-state index is 11.8. The van der Waals surface area contributed by atoms with Crippen LogP contribution in [0.25, 0.3) is 0 Å². The number of hydrogen-bond acceptors (Lipinski definition) is 3. The molecule has 4 heteroatoms. The van der Waals surface area contributed by atoms with Gasteiger partial charge in [0, 0.05) is 12.6 Å². The highest BCUT2D eigenvalue weighted by molar-refractivity contribution is 5.78. The first-order valence-corrected chi connectivity index (χ1v) is 5.66. The molecule has 0 spiro atoms. The lowest BCUT2D eigenvalue weighted by Gasteiger charge is -2.21. The van der Waals surface area contributed by atoms with Crippen molar-refractivity contribution in [2.75, 3.05) is 19.6 Å². The van der Waals surface area contributed by atoms with Gasteiger partial charge < -0.3 is 10.2 Å². The molecule has 0 aromatic rings. The summed E-state index contributed by atoms with van der Waals surface area (Å²) in [5, 5.41) is 11.6. The molecule has 0 aromatic heterocycles. The van der Waals surface area contributed by atoms with Crippen LogP contribution in [0, 0.1) is 11.3 Å². The summed E-state index contributed by atoms with van der Waals surface area (Å²) in [5.74, 6) is 0.140. The first-order chi connectivity index (χ1) is 7.29. The highest BCUT2D eigenvalue weighted by Gasteiger charge is 2.31. The molecule has 0 aliphatic heterocycles. The summed E-state index contributed by atoms with van der Waals surface area (Å²) in [6.07, 6.45) is 3.68. The van der Waals surface area contributed by atoms with Gasteiger partial charge in [0.05, 0.1) is 19.0 Å². The number of nitrogens with zero attached hydrogens (tertiary/aromatic N) is 2. The zero-order chi connectivity index (χ0) is 11.1. The average molecular weight is 209 g/mol. The Balaban J connectivity index is 2.28. The van der Waals surface area contributed by atoms with Crippen LogP contribution in [0.15, 0.2) is 0 Å². The van der Waals surface area contributed by atoms with E-state index in [0.717, 1.165) is 25.8 Å². The lowest BCUT2D eigenvalue weighted by Crippen LogP contribution is -2.40. The van der Waals surface area contributed by atoms with E-state index in [1.54, 1.807) is 0 Å². The molecule has 1 rings (SSSR count). The normalized spacial score (nSPS) is 14.7. The fourth-order valence-electron chi connectivity index (χ4n) is 1.54. The van der Waals surface area contributed by atoms with Crippen LogP contribution >= 0.6 is 0 Å². The minimum atomic E-state index is 0.140. The van der Waals surface area contributed by atoms with Crippen LogP contribution in [0.4, 0.5) is 0 Å². The van der Waals surface area contributed by atoms with Gasteiger partial charge >= 0.3 is 0 Å². The average Bonchev–Trinajstić information content (AvgIpc) is 3.03. The summed E-state index contributed by atoms with van der Waals surface area (Å²) in [4.78, 5) is 13.6. The summed E-state index contributed by atoms with van der Waals surface area (Å²) < 4.78 is 0. The van der Waals surface area contributed by atoms with Crippen LogP contribution in [0.1, 0.15) is 32.6 Å². The number of carbonyl (C=O) groups is 1. The molecule has 1 aliphatic carbocycles. The Bertz CT molecular complexity index is 243. The molecule has 15 heavy (non-hydrogen) atoms. The van der Waals surface area contributed by atoms with E-state index in [4.69, 9.17) is 5.26 Å². The number of amides is 1. The van der Waals surface area contributed by atoms with E-state index in [1.165, 1.54) is 0 Å². The third-order valence-electron chi connectivity index (χ3n) is 2.48. The quantitative estimate of drug-likeness (QED) is 0.633. The van der Waals surface area contributed by atoms with Gasteiger partial charge in [0.2, 0.25) is 5.91 Å². The van der Waals surface area contributed by atoms with Gasteiger partial charge in [0.25, 0.3) is 0 Å². The summed E-state index contributed by atoms with van der Waals surface area (Å²) in [7, 11) is 0. The Morgan fingerprint density at radius 3 is 2.87 bits per heavy atom. The second-order valence-corrected chi connectivity index (χ2v) is 3.90. The van der Waals surface area contributed by atoms with Crippen molar-refractivity contribution in [3.05, 3.63) is 0 Å². The van der Waals surface area contributed by atoms with E-state index >= 15 is 0 Å². The zero-order valence-electron chi connectivity index (χ0n) is 9.33. The third-order valence-corrected chi connectivity index (χ3v) is 2.48. The minimum Gasteiger partial charge on any atom is -0.338 e. The summed E-state index contributed by atoms with van der Waals surface area (Å²) in [6.45, 7) is 3.96. The first kappa shape index (κ1) is 12.0. The van der Waals surface area contributed by atoms with Crippen molar-refractivity contribution in [1.82, 2.24) is 10.2 Å². The Kier molecular flexibility index (Phi) is 5.13. The lowest BCUT2D eigenvalue weighted by molar-refractivity contribution is -0.130. The summed E-state index contributed by atoms with van der Waals surface area (Å²) in [5.41, 5.74) is 0. The monoisotopic (exact) mass is 209 g/mol. The van der Waals surface area contributed by atoms with Crippen molar-refractivity contribution in [3.8, 4) is 6.07 Å². The fourth-order valence-corrected chi connectivity index (χ4v) is 1.54. The molecule has 0 heterocycles. The molecule has 1 fully saturated rings. The smallest absolute Gasteiger partial charge is 0.236 e. The zero-order valence-corrected chi connectivity index (χ0v) is 9.33. The van der Waals surface area contributed by atoms with Crippen LogP contribution in [-0.4, -0.2) is 36.5 Å². The van der Waals surface area contributed by atoms with E-state index in [2.05, 4.69) is 18.3 Å². The highest BCUT2D eigenvalue weighted by Crippen LogP contribution is 2.26. The van der Waals surface area contributed by atoms with Gasteiger partial charge in [-0.25, -0.2) is 0 Å². The van der Waals surface area contributed by atoms with Gasteiger partial charge in [0.15, 0.2) is 0 Å². The molecule has 0 radical (unpaired) electrons. The molecule has 1 aliphatic rings. The number of rotatable bonds is 7. The van der Waals surface area contributed by atoms with Crippen LogP contribution in [0.2, 0.25) is 0 Å². The summed E-state index contributed by atoms with van der Waals surface area (Å²) >= 11 is 0. The largest absolute Gasteiger partial charge is 0.338 e. The predicted octanol–water partition coefficient (Wildman–Crippen LogP) is 0.891. The van der Waals surface area contributed by atoms with E-state index in [9.17, 15) is 4.79 Å². The van der Waals surface area contributed by atoms with Gasteiger partial charge in [-0.05, 0) is 25.8 Å². The number of nitrogens with one attached hydrogen (secondary N) is 1. The van der Waals surface area contributed by atoms with Gasteiger partial charge in [0.1, 0.15) is 0 Å². The van der Waals surface area contributed by atoms with Crippen LogP contribution in [0.5, 0.6) is 0 Å². The molecule has 0 bridgehead atoms. The van der Waals surface area contributed by atoms with Crippen molar-refractivity contribution < 1.29 is 4.79 Å². The standard InChI is InChI=1S/C11H19N3O/c1-2-7-13-9-11(15)14(8-3-6-12)10-4-5-10/h10,13H,2-5,7-9H2,1H3. The third kappa shape index (κ3) is 4.30. The molecule has 1 N–H and O–H groups in total.